The molecule has 4 heterocycles. The van der Waals surface area contributed by atoms with Crippen molar-refractivity contribution in [1.29, 1.82) is 0 Å². The summed E-state index contributed by atoms with van der Waals surface area (Å²) < 4.78 is 115. The molecule has 14 rings (SSSR count). The standard InChI is InChI=1S/C33H45N.C21H21F4N.C21H28N2.C19H19F4N.4C2H6/c1-10-24-13-12-14-25(11-2)32(24)34-23(7)30(20-33(34,8)9)31-28(22(5)6)18-17-26-15-16-27(21(3)4)19-29(26)31;1-13-14(19-15(22)6-4-7-16(19)23)12-21(10-2-3-11-21)26(13)20-17(24)8-5-9-18(20)25;1-6-18-12-10-11-16(2)20(18)23-17(3)22(15-21(23,4)5)19-13-8-7-9-14-19;1-11-12(17-13(20)6-4-7-14(17)21)10-19(2,3)24(11)18-15(22)8-5-9-16(18)23;4*1-2/h12-19,21-23,30H,10-11,20H2,1-9H3;4-9,13-14H,2-3,10-12H2,1H3;7-14,17H,6,15H2,1-5H3;4-9,11-12H,10H2,1-3H3;4*1-2H3/t23-,30?;13-,14?;17-;11-,12?;;;;/m0000..../s1. The smallest absolute Gasteiger partial charge is 0.149 e. The first-order chi connectivity index (χ1) is 54.7. The molecule has 5 aliphatic rings. The Labute approximate surface area is 688 Å². The lowest BCUT2D eigenvalue weighted by Gasteiger charge is -2.40. The van der Waals surface area contributed by atoms with Gasteiger partial charge in [-0.15, -0.1) is 0 Å². The van der Waals surface area contributed by atoms with Gasteiger partial charge in [0, 0.05) is 87.2 Å². The minimum Gasteiger partial charge on any atom is -0.363 e. The van der Waals surface area contributed by atoms with Crippen LogP contribution in [-0.4, -0.2) is 53.0 Å². The molecule has 1 aliphatic carbocycles. The molecule has 5 nitrogen and oxygen atoms in total. The Morgan fingerprint density at radius 1 is 0.374 bits per heavy atom. The molecule has 115 heavy (non-hydrogen) atoms. The van der Waals surface area contributed by atoms with Crippen LogP contribution in [0.5, 0.6) is 0 Å². The fraction of sp³-hybridized carbons (Fsp3) is 0.490. The Kier molecular flexibility index (Phi) is 33.2. The zero-order valence-corrected chi connectivity index (χ0v) is 74.4. The number of aryl methyl sites for hydroxylation is 4. The van der Waals surface area contributed by atoms with Crippen LogP contribution in [0, 0.1) is 53.5 Å². The van der Waals surface area contributed by atoms with Crippen molar-refractivity contribution in [2.45, 2.75) is 320 Å². The monoisotopic (exact) mass is 1580 g/mol. The van der Waals surface area contributed by atoms with Gasteiger partial charge >= 0.3 is 0 Å². The van der Waals surface area contributed by atoms with Gasteiger partial charge in [-0.25, -0.2) is 35.1 Å². The summed E-state index contributed by atoms with van der Waals surface area (Å²) in [5.41, 5.74) is 13.5. The molecule has 4 aliphatic heterocycles. The summed E-state index contributed by atoms with van der Waals surface area (Å²) in [4.78, 5) is 11.3. The average molecular weight is 1590 g/mol. The van der Waals surface area contributed by atoms with Crippen LogP contribution in [0.2, 0.25) is 0 Å². The summed E-state index contributed by atoms with van der Waals surface area (Å²) in [6.07, 6.45) is 9.10. The zero-order chi connectivity index (χ0) is 85.5. The number of anilines is 5. The molecular formula is C102H137F8N5. The molecule has 9 aromatic carbocycles. The van der Waals surface area contributed by atoms with Crippen LogP contribution in [0.4, 0.5) is 63.6 Å². The fourth-order valence-corrected chi connectivity index (χ4v) is 19.7. The maximum atomic E-state index is 14.6. The van der Waals surface area contributed by atoms with Gasteiger partial charge in [0.05, 0.1) is 11.7 Å². The molecule has 0 aromatic heterocycles. The van der Waals surface area contributed by atoms with E-state index in [1.54, 1.807) is 22.3 Å². The van der Waals surface area contributed by atoms with E-state index in [2.05, 4.69) is 209 Å². The van der Waals surface area contributed by atoms with E-state index in [1.807, 2.05) is 76.2 Å². The largest absolute Gasteiger partial charge is 0.363 e. The van der Waals surface area contributed by atoms with Crippen LogP contribution in [0.3, 0.4) is 0 Å². The van der Waals surface area contributed by atoms with Crippen molar-refractivity contribution < 1.29 is 35.1 Å². The third kappa shape index (κ3) is 19.6. The van der Waals surface area contributed by atoms with E-state index in [0.29, 0.717) is 42.8 Å². The summed E-state index contributed by atoms with van der Waals surface area (Å²) in [6.45, 7) is 57.2. The highest BCUT2D eigenvalue weighted by Gasteiger charge is 2.55. The first-order valence-electron chi connectivity index (χ1n) is 43.2. The Balaban J connectivity index is 0.000000208. The van der Waals surface area contributed by atoms with Crippen molar-refractivity contribution in [3.8, 4) is 0 Å². The Hall–Kier alpha value is -8.32. The molecule has 7 atom stereocenters. The molecule has 0 amide bonds. The minimum atomic E-state index is -0.676. The van der Waals surface area contributed by atoms with Gasteiger partial charge in [-0.3, -0.25) is 0 Å². The number of para-hydroxylation sites is 5. The maximum absolute atomic E-state index is 14.6. The molecule has 626 valence electrons. The van der Waals surface area contributed by atoms with Crippen molar-refractivity contribution in [3.63, 3.8) is 0 Å². The highest BCUT2D eigenvalue weighted by atomic mass is 19.2. The maximum Gasteiger partial charge on any atom is 0.149 e. The van der Waals surface area contributed by atoms with E-state index in [4.69, 9.17) is 0 Å². The number of rotatable bonds is 13. The normalized spacial score (nSPS) is 20.5. The number of nitrogens with zero attached hydrogens (tertiary/aromatic N) is 5. The summed E-state index contributed by atoms with van der Waals surface area (Å²) in [5.74, 6) is -4.43. The number of halogens is 8. The highest BCUT2D eigenvalue weighted by Crippen LogP contribution is 2.56. The molecule has 1 spiro atoms. The highest BCUT2D eigenvalue weighted by molar-refractivity contribution is 5.89. The van der Waals surface area contributed by atoms with Crippen LogP contribution in [-0.2, 0) is 19.3 Å². The molecule has 0 radical (unpaired) electrons. The van der Waals surface area contributed by atoms with Crippen molar-refractivity contribution in [1.82, 2.24) is 0 Å². The molecule has 0 N–H and O–H groups in total. The van der Waals surface area contributed by atoms with E-state index < -0.39 is 81.5 Å². The molecule has 0 bridgehead atoms. The third-order valence-corrected chi connectivity index (χ3v) is 24.5. The third-order valence-electron chi connectivity index (χ3n) is 24.5. The summed E-state index contributed by atoms with van der Waals surface area (Å²) in [6, 6.07) is 51.0. The topological polar surface area (TPSA) is 16.2 Å². The minimum absolute atomic E-state index is 0.0164. The van der Waals surface area contributed by atoms with Crippen LogP contribution in [0.25, 0.3) is 10.8 Å². The number of fused-ring (bicyclic) bond motifs is 1. The van der Waals surface area contributed by atoms with Crippen LogP contribution >= 0.6 is 0 Å². The quantitative estimate of drug-likeness (QED) is 0.107. The second-order valence-electron chi connectivity index (χ2n) is 33.4. The molecular weight excluding hydrogens is 1450 g/mol. The number of hydrogen-bond acceptors (Lipinski definition) is 5. The zero-order valence-electron chi connectivity index (χ0n) is 74.4. The van der Waals surface area contributed by atoms with E-state index in [0.717, 1.165) is 51.5 Å². The lowest BCUT2D eigenvalue weighted by Crippen LogP contribution is -2.46. The Morgan fingerprint density at radius 2 is 0.748 bits per heavy atom. The van der Waals surface area contributed by atoms with E-state index in [9.17, 15) is 35.1 Å². The molecule has 4 saturated heterocycles. The van der Waals surface area contributed by atoms with E-state index in [1.165, 1.54) is 140 Å². The summed E-state index contributed by atoms with van der Waals surface area (Å²) >= 11 is 0. The molecule has 3 unspecified atom stereocenters. The summed E-state index contributed by atoms with van der Waals surface area (Å²) in [7, 11) is 0. The predicted octanol–water partition coefficient (Wildman–Crippen LogP) is 29.8. The molecule has 9 aromatic rings. The van der Waals surface area contributed by atoms with E-state index >= 15 is 0 Å². The van der Waals surface area contributed by atoms with Gasteiger partial charge in [0.1, 0.15) is 57.9 Å². The lowest BCUT2D eigenvalue weighted by atomic mass is 9.79. The van der Waals surface area contributed by atoms with E-state index in [-0.39, 0.29) is 33.6 Å². The average Bonchev–Trinajstić information content (AvgIpc) is 1.56. The van der Waals surface area contributed by atoms with Gasteiger partial charge in [0.2, 0.25) is 0 Å². The molecule has 13 heteroatoms. The predicted molar refractivity (Wildman–Crippen MR) is 476 cm³/mol. The first kappa shape index (κ1) is 93.8. The Morgan fingerprint density at radius 3 is 1.18 bits per heavy atom. The van der Waals surface area contributed by atoms with Crippen molar-refractivity contribution in [2.75, 3.05) is 31.0 Å². The lowest BCUT2D eigenvalue weighted by molar-refractivity contribution is 0.413. The van der Waals surface area contributed by atoms with Crippen LogP contribution in [0.15, 0.2) is 170 Å². The SMILES string of the molecule is CC.CC.CC.CC.CCc1cccc(C)c1N1[C@@H](C)N(c2ccccc2)CC1(C)C.CCc1cccc(CC)c1N1[C@@H](C)C(c2c(C(C)C)ccc3ccc(C(C)C)cc23)CC1(C)C.C[C@H]1C(c2c(F)cccc2F)CC(C)(C)N1c1c(F)cccc1F.C[C@H]1C(c2c(F)cccc2F)CC2(CCCC2)N1c1c(F)cccc1F. The van der Waals surface area contributed by atoms with Gasteiger partial charge in [0.25, 0.3) is 0 Å². The van der Waals surface area contributed by atoms with Crippen molar-refractivity contribution in [3.05, 3.63) is 266 Å². The summed E-state index contributed by atoms with van der Waals surface area (Å²) in [5, 5.41) is 2.86. The van der Waals surface area contributed by atoms with Gasteiger partial charge in [0.15, 0.2) is 0 Å². The molecule has 1 saturated carbocycles. The van der Waals surface area contributed by atoms with Gasteiger partial charge < -0.3 is 24.5 Å². The second kappa shape index (κ2) is 40.7. The van der Waals surface area contributed by atoms with Gasteiger partial charge in [-0.05, 0) is 250 Å². The van der Waals surface area contributed by atoms with Crippen LogP contribution < -0.4 is 24.5 Å². The van der Waals surface area contributed by atoms with Gasteiger partial charge in [-0.2, -0.15) is 0 Å². The number of benzene rings is 9. The fourth-order valence-electron chi connectivity index (χ4n) is 19.7. The van der Waals surface area contributed by atoms with Crippen molar-refractivity contribution in [2.24, 2.45) is 0 Å². The number of hydrogen-bond donors (Lipinski definition) is 0. The second-order valence-corrected chi connectivity index (χ2v) is 33.4. The molecule has 5 fully saturated rings. The van der Waals surface area contributed by atoms with Crippen LogP contribution in [0.1, 0.15) is 298 Å². The van der Waals surface area contributed by atoms with Gasteiger partial charge in [-0.1, -0.05) is 226 Å². The van der Waals surface area contributed by atoms with Crippen molar-refractivity contribution >= 4 is 39.2 Å². The Bertz CT molecular complexity index is 4490. The first-order valence-corrected chi connectivity index (χ1v) is 43.2.